The van der Waals surface area contributed by atoms with Crippen LogP contribution in [0, 0.1) is 11.6 Å². The van der Waals surface area contributed by atoms with Gasteiger partial charge in [0.25, 0.3) is 0 Å². The number of rotatable bonds is 1. The summed E-state index contributed by atoms with van der Waals surface area (Å²) in [6.07, 6.45) is 0. The van der Waals surface area contributed by atoms with E-state index in [9.17, 15) is 13.6 Å². The van der Waals surface area contributed by atoms with Crippen molar-refractivity contribution in [3.05, 3.63) is 33.9 Å². The van der Waals surface area contributed by atoms with Crippen molar-refractivity contribution < 1.29 is 18.7 Å². The van der Waals surface area contributed by atoms with Crippen LogP contribution in [-0.2, 0) is 0 Å². The number of aromatic amines is 1. The Morgan fingerprint density at radius 2 is 2.07 bits per heavy atom. The van der Waals surface area contributed by atoms with Gasteiger partial charge in [-0.1, -0.05) is 0 Å². The van der Waals surface area contributed by atoms with Crippen LogP contribution in [0.25, 0.3) is 10.9 Å². The number of H-pyrrole nitrogens is 1. The van der Waals surface area contributed by atoms with E-state index in [1.54, 1.807) is 0 Å². The van der Waals surface area contributed by atoms with E-state index in [0.717, 1.165) is 12.1 Å². The van der Waals surface area contributed by atoms with Crippen molar-refractivity contribution in [1.82, 2.24) is 4.98 Å². The fraction of sp³-hybridized carbons (Fsp3) is 0. The van der Waals surface area contributed by atoms with E-state index in [2.05, 4.69) is 20.9 Å². The number of aromatic nitrogens is 1. The number of nitrogens with one attached hydrogen (secondary N) is 1. The van der Waals surface area contributed by atoms with Crippen LogP contribution in [0.15, 0.2) is 16.6 Å². The molecule has 0 aliphatic rings. The highest BCUT2D eigenvalue weighted by Gasteiger charge is 2.15. The van der Waals surface area contributed by atoms with Crippen molar-refractivity contribution in [2.45, 2.75) is 0 Å². The zero-order chi connectivity index (χ0) is 11.2. The molecule has 0 aliphatic heterocycles. The molecular formula is C9H4BrF2NO2. The molecule has 6 heteroatoms. The van der Waals surface area contributed by atoms with Crippen LogP contribution in [0.2, 0.25) is 0 Å². The van der Waals surface area contributed by atoms with E-state index in [-0.39, 0.29) is 21.1 Å². The molecule has 1 aromatic heterocycles. The van der Waals surface area contributed by atoms with Gasteiger partial charge in [0.1, 0.15) is 17.3 Å². The highest BCUT2D eigenvalue weighted by atomic mass is 79.9. The monoisotopic (exact) mass is 275 g/mol. The molecule has 0 radical (unpaired) electrons. The predicted molar refractivity (Wildman–Crippen MR) is 52.9 cm³/mol. The predicted octanol–water partition coefficient (Wildman–Crippen LogP) is 2.91. The minimum Gasteiger partial charge on any atom is -0.477 e. The van der Waals surface area contributed by atoms with Crippen molar-refractivity contribution in [1.29, 1.82) is 0 Å². The van der Waals surface area contributed by atoms with Crippen LogP contribution < -0.4 is 0 Å². The van der Waals surface area contributed by atoms with Gasteiger partial charge < -0.3 is 10.1 Å². The van der Waals surface area contributed by atoms with Crippen molar-refractivity contribution in [2.75, 3.05) is 0 Å². The van der Waals surface area contributed by atoms with E-state index in [1.165, 1.54) is 0 Å². The molecule has 1 aromatic carbocycles. The summed E-state index contributed by atoms with van der Waals surface area (Å²) in [4.78, 5) is 13.0. The van der Waals surface area contributed by atoms with Gasteiger partial charge in [-0.15, -0.1) is 0 Å². The topological polar surface area (TPSA) is 53.1 Å². The van der Waals surface area contributed by atoms with Gasteiger partial charge in [0.2, 0.25) is 0 Å². The van der Waals surface area contributed by atoms with Crippen LogP contribution in [-0.4, -0.2) is 16.1 Å². The maximum atomic E-state index is 13.4. The fourth-order valence-corrected chi connectivity index (χ4v) is 1.62. The lowest BCUT2D eigenvalue weighted by molar-refractivity contribution is 0.0691. The lowest BCUT2D eigenvalue weighted by Gasteiger charge is -1.97. The Hall–Kier alpha value is -1.43. The summed E-state index contributed by atoms with van der Waals surface area (Å²) in [5, 5.41) is 8.70. The number of hydrogen-bond acceptors (Lipinski definition) is 1. The summed E-state index contributed by atoms with van der Waals surface area (Å²) in [6.45, 7) is 0. The molecule has 3 nitrogen and oxygen atoms in total. The first-order chi connectivity index (χ1) is 7.00. The first-order valence-electron chi connectivity index (χ1n) is 3.90. The van der Waals surface area contributed by atoms with E-state index >= 15 is 0 Å². The zero-order valence-corrected chi connectivity index (χ0v) is 8.73. The summed E-state index contributed by atoms with van der Waals surface area (Å²) in [5.74, 6) is -2.81. The van der Waals surface area contributed by atoms with Gasteiger partial charge in [-0.3, -0.25) is 0 Å². The molecule has 0 amide bonds. The first kappa shape index (κ1) is 10.1. The molecule has 2 aromatic rings. The largest absolute Gasteiger partial charge is 0.477 e. The Morgan fingerprint density at radius 3 is 2.67 bits per heavy atom. The number of hydrogen-bond donors (Lipinski definition) is 2. The number of carboxylic acids is 1. The lowest BCUT2D eigenvalue weighted by Crippen LogP contribution is -1.94. The molecule has 0 spiro atoms. The number of halogens is 3. The van der Waals surface area contributed by atoms with Crippen LogP contribution in [0.1, 0.15) is 10.5 Å². The minimum absolute atomic E-state index is 0.0423. The SMILES string of the molecule is O=C(O)c1cc2c(F)c(Br)c(F)cc2[nH]1. The van der Waals surface area contributed by atoms with Crippen LogP contribution in [0.5, 0.6) is 0 Å². The fourth-order valence-electron chi connectivity index (χ4n) is 1.29. The van der Waals surface area contributed by atoms with Gasteiger partial charge in [0.15, 0.2) is 0 Å². The molecule has 0 bridgehead atoms. The molecule has 0 fully saturated rings. The molecule has 0 aliphatic carbocycles. The number of benzene rings is 1. The van der Waals surface area contributed by atoms with Gasteiger partial charge in [-0.2, -0.15) is 0 Å². The molecular weight excluding hydrogens is 272 g/mol. The standard InChI is InChI=1S/C9H4BrF2NO2/c10-7-4(11)2-5-3(8(7)12)1-6(13-5)9(14)15/h1-2,13H,(H,14,15). The van der Waals surface area contributed by atoms with E-state index in [1.807, 2.05) is 0 Å². The molecule has 0 saturated heterocycles. The second-order valence-electron chi connectivity index (χ2n) is 2.94. The Labute approximate surface area is 90.8 Å². The average molecular weight is 276 g/mol. The normalized spacial score (nSPS) is 10.9. The van der Waals surface area contributed by atoms with Crippen LogP contribution >= 0.6 is 15.9 Å². The quantitative estimate of drug-likeness (QED) is 0.787. The smallest absolute Gasteiger partial charge is 0.352 e. The van der Waals surface area contributed by atoms with Crippen molar-refractivity contribution >= 4 is 32.8 Å². The molecule has 1 heterocycles. The Bertz CT molecular complexity index is 565. The molecule has 2 rings (SSSR count). The van der Waals surface area contributed by atoms with Gasteiger partial charge in [0, 0.05) is 5.39 Å². The second kappa shape index (κ2) is 3.30. The minimum atomic E-state index is -1.22. The third-order valence-corrected chi connectivity index (χ3v) is 2.72. The lowest BCUT2D eigenvalue weighted by atomic mass is 10.2. The van der Waals surface area contributed by atoms with Crippen molar-refractivity contribution in [2.24, 2.45) is 0 Å². The van der Waals surface area contributed by atoms with Crippen LogP contribution in [0.3, 0.4) is 0 Å². The summed E-state index contributed by atoms with van der Waals surface area (Å²) in [7, 11) is 0. The van der Waals surface area contributed by atoms with Gasteiger partial charge in [-0.05, 0) is 28.1 Å². The molecule has 78 valence electrons. The maximum absolute atomic E-state index is 13.4. The third-order valence-electron chi connectivity index (χ3n) is 1.99. The van der Waals surface area contributed by atoms with Gasteiger partial charge in [0.05, 0.1) is 9.99 Å². The molecule has 0 saturated carbocycles. The van der Waals surface area contributed by atoms with Gasteiger partial charge >= 0.3 is 5.97 Å². The van der Waals surface area contributed by atoms with Crippen LogP contribution in [0.4, 0.5) is 8.78 Å². The highest BCUT2D eigenvalue weighted by molar-refractivity contribution is 9.10. The maximum Gasteiger partial charge on any atom is 0.352 e. The van der Waals surface area contributed by atoms with E-state index in [4.69, 9.17) is 5.11 Å². The van der Waals surface area contributed by atoms with Gasteiger partial charge in [-0.25, -0.2) is 13.6 Å². The van der Waals surface area contributed by atoms with Crippen molar-refractivity contribution in [3.8, 4) is 0 Å². The summed E-state index contributed by atoms with van der Waals surface area (Å²) >= 11 is 2.74. The summed E-state index contributed by atoms with van der Waals surface area (Å²) in [6, 6.07) is 2.16. The zero-order valence-electron chi connectivity index (χ0n) is 7.14. The molecule has 0 unspecified atom stereocenters. The Balaban J connectivity index is 2.82. The second-order valence-corrected chi connectivity index (χ2v) is 3.73. The highest BCUT2D eigenvalue weighted by Crippen LogP contribution is 2.28. The third kappa shape index (κ3) is 1.50. The van der Waals surface area contributed by atoms with E-state index in [0.29, 0.717) is 0 Å². The molecule has 15 heavy (non-hydrogen) atoms. The first-order valence-corrected chi connectivity index (χ1v) is 4.69. The molecule has 2 N–H and O–H groups in total. The Morgan fingerprint density at radius 1 is 1.40 bits per heavy atom. The number of aromatic carboxylic acids is 1. The number of carbonyl (C=O) groups is 1. The summed E-state index contributed by atoms with van der Waals surface area (Å²) in [5.41, 5.74) is -0.0630. The van der Waals surface area contributed by atoms with Crippen molar-refractivity contribution in [3.63, 3.8) is 0 Å². The Kier molecular flexibility index (Phi) is 2.22. The van der Waals surface area contributed by atoms with E-state index < -0.39 is 17.6 Å². The molecule has 0 atom stereocenters. The number of fused-ring (bicyclic) bond motifs is 1. The number of carboxylic acid groups (broad SMARTS) is 1. The average Bonchev–Trinajstić information content (AvgIpc) is 2.58. The summed E-state index contributed by atoms with van der Waals surface area (Å²) < 4.78 is 26.2.